The summed E-state index contributed by atoms with van der Waals surface area (Å²) in [4.78, 5) is 11.5. The minimum atomic E-state index is 0.411. The van der Waals surface area contributed by atoms with Crippen molar-refractivity contribution in [2.45, 2.75) is 39.4 Å². The number of nitrogens with zero attached hydrogens (tertiary/aromatic N) is 4. The molecule has 0 amide bonds. The van der Waals surface area contributed by atoms with E-state index in [-0.39, 0.29) is 0 Å². The van der Waals surface area contributed by atoms with E-state index in [1.54, 1.807) is 7.05 Å². The summed E-state index contributed by atoms with van der Waals surface area (Å²) < 4.78 is 1.94. The monoisotopic (exact) mass is 362 g/mol. The number of hydrogen-bond acceptors (Lipinski definition) is 3. The molecular weight excluding hydrogens is 336 g/mol. The van der Waals surface area contributed by atoms with Gasteiger partial charge in [-0.05, 0) is 31.9 Å². The third kappa shape index (κ3) is 4.25. The lowest BCUT2D eigenvalue weighted by Crippen LogP contribution is -2.46. The highest BCUT2D eigenvalue weighted by molar-refractivity contribution is 6.30. The van der Waals surface area contributed by atoms with Crippen molar-refractivity contribution in [1.82, 2.24) is 24.9 Å². The van der Waals surface area contributed by atoms with Gasteiger partial charge in [-0.15, -0.1) is 0 Å². The summed E-state index contributed by atoms with van der Waals surface area (Å²) in [7, 11) is 1.80. The second kappa shape index (κ2) is 7.62. The highest BCUT2D eigenvalue weighted by atomic mass is 35.5. The topological polar surface area (TPSA) is 57.0 Å². The van der Waals surface area contributed by atoms with Gasteiger partial charge in [0, 0.05) is 44.6 Å². The van der Waals surface area contributed by atoms with Crippen LogP contribution < -0.4 is 10.6 Å². The molecule has 2 unspecified atom stereocenters. The van der Waals surface area contributed by atoms with Gasteiger partial charge in [-0.2, -0.15) is 0 Å². The van der Waals surface area contributed by atoms with Crippen LogP contribution >= 0.6 is 11.6 Å². The van der Waals surface area contributed by atoms with Crippen LogP contribution in [-0.2, 0) is 6.54 Å². The van der Waals surface area contributed by atoms with E-state index in [1.165, 1.54) is 0 Å². The number of nitrogens with one attached hydrogen (secondary N) is 2. The molecule has 1 aliphatic heterocycles. The van der Waals surface area contributed by atoms with Crippen LogP contribution in [0.2, 0.25) is 5.02 Å². The fraction of sp³-hybridized carbons (Fsp3) is 0.556. The van der Waals surface area contributed by atoms with Crippen molar-refractivity contribution in [2.24, 2.45) is 10.9 Å². The normalized spacial score (nSPS) is 22.1. The summed E-state index contributed by atoms with van der Waals surface area (Å²) in [6, 6.07) is 4.76. The summed E-state index contributed by atoms with van der Waals surface area (Å²) in [6.45, 7) is 9.58. The maximum absolute atomic E-state index is 6.02. The van der Waals surface area contributed by atoms with Gasteiger partial charge in [0.25, 0.3) is 0 Å². The zero-order valence-electron chi connectivity index (χ0n) is 15.3. The Morgan fingerprint density at radius 1 is 1.36 bits per heavy atom. The Balaban J connectivity index is 1.59. The van der Waals surface area contributed by atoms with Crippen LogP contribution in [0, 0.1) is 5.92 Å². The standard InChI is InChI=1S/C18H27ClN6/c1-12(2)24-8-13(3)16(11-24)23-18(20-4)21-7-15-10-25-9-14(19)5-6-17(25)22-15/h5-6,9-10,12-13,16H,7-8,11H2,1-4H3,(H2,20,21,23). The third-order valence-electron chi connectivity index (χ3n) is 4.82. The fourth-order valence-electron chi connectivity index (χ4n) is 3.26. The summed E-state index contributed by atoms with van der Waals surface area (Å²) in [5.41, 5.74) is 1.84. The number of aliphatic imine (C=N–C) groups is 1. The zero-order valence-corrected chi connectivity index (χ0v) is 16.1. The molecule has 0 aliphatic carbocycles. The Morgan fingerprint density at radius 2 is 2.16 bits per heavy atom. The molecule has 136 valence electrons. The molecule has 0 radical (unpaired) electrons. The zero-order chi connectivity index (χ0) is 18.0. The highest BCUT2D eigenvalue weighted by Gasteiger charge is 2.31. The Hall–Kier alpha value is -1.79. The molecule has 2 aromatic heterocycles. The predicted molar refractivity (Wildman–Crippen MR) is 103 cm³/mol. The second-order valence-electron chi connectivity index (χ2n) is 7.05. The number of guanidine groups is 1. The molecule has 0 bridgehead atoms. The Bertz CT molecular complexity index is 753. The van der Waals surface area contributed by atoms with Gasteiger partial charge in [-0.25, -0.2) is 4.98 Å². The van der Waals surface area contributed by atoms with E-state index < -0.39 is 0 Å². The van der Waals surface area contributed by atoms with E-state index in [4.69, 9.17) is 11.6 Å². The fourth-order valence-corrected chi connectivity index (χ4v) is 3.43. The van der Waals surface area contributed by atoms with Gasteiger partial charge in [0.15, 0.2) is 5.96 Å². The Kier molecular flexibility index (Phi) is 5.49. The quantitative estimate of drug-likeness (QED) is 0.647. The number of pyridine rings is 1. The minimum Gasteiger partial charge on any atom is -0.352 e. The van der Waals surface area contributed by atoms with Crippen LogP contribution in [0.25, 0.3) is 5.65 Å². The third-order valence-corrected chi connectivity index (χ3v) is 5.04. The number of rotatable bonds is 4. The number of aromatic nitrogens is 2. The van der Waals surface area contributed by atoms with E-state index in [1.807, 2.05) is 28.9 Å². The van der Waals surface area contributed by atoms with Crippen molar-refractivity contribution in [3.8, 4) is 0 Å². The lowest BCUT2D eigenvalue weighted by Gasteiger charge is -2.21. The summed E-state index contributed by atoms with van der Waals surface area (Å²) in [6.07, 6.45) is 3.85. The van der Waals surface area contributed by atoms with Crippen molar-refractivity contribution in [3.05, 3.63) is 35.2 Å². The molecule has 25 heavy (non-hydrogen) atoms. The number of hydrogen-bond donors (Lipinski definition) is 2. The molecule has 3 rings (SSSR count). The maximum Gasteiger partial charge on any atom is 0.191 e. The van der Waals surface area contributed by atoms with Crippen LogP contribution in [0.3, 0.4) is 0 Å². The van der Waals surface area contributed by atoms with Crippen LogP contribution in [0.15, 0.2) is 29.5 Å². The summed E-state index contributed by atoms with van der Waals surface area (Å²) in [5, 5.41) is 7.62. The van der Waals surface area contributed by atoms with Gasteiger partial charge >= 0.3 is 0 Å². The van der Waals surface area contributed by atoms with E-state index in [2.05, 4.69) is 46.3 Å². The molecule has 1 aliphatic rings. The summed E-state index contributed by atoms with van der Waals surface area (Å²) >= 11 is 6.02. The predicted octanol–water partition coefficient (Wildman–Crippen LogP) is 2.38. The molecule has 3 heterocycles. The molecular formula is C18H27ClN6. The maximum atomic E-state index is 6.02. The van der Waals surface area contributed by atoms with E-state index >= 15 is 0 Å². The van der Waals surface area contributed by atoms with Crippen molar-refractivity contribution in [2.75, 3.05) is 20.1 Å². The van der Waals surface area contributed by atoms with E-state index in [9.17, 15) is 0 Å². The molecule has 1 fully saturated rings. The first-order valence-electron chi connectivity index (χ1n) is 8.80. The molecule has 0 saturated carbocycles. The Labute approximate surface area is 154 Å². The van der Waals surface area contributed by atoms with Crippen molar-refractivity contribution >= 4 is 23.2 Å². The van der Waals surface area contributed by atoms with Gasteiger partial charge in [0.1, 0.15) is 5.65 Å². The first-order chi connectivity index (χ1) is 12.0. The van der Waals surface area contributed by atoms with Gasteiger partial charge < -0.3 is 15.0 Å². The smallest absolute Gasteiger partial charge is 0.191 e. The van der Waals surface area contributed by atoms with Crippen molar-refractivity contribution < 1.29 is 0 Å². The molecule has 1 saturated heterocycles. The van der Waals surface area contributed by atoms with Gasteiger partial charge in [0.2, 0.25) is 0 Å². The number of fused-ring (bicyclic) bond motifs is 1. The molecule has 6 nitrogen and oxygen atoms in total. The first-order valence-corrected chi connectivity index (χ1v) is 9.18. The van der Waals surface area contributed by atoms with Gasteiger partial charge in [-0.1, -0.05) is 18.5 Å². The SMILES string of the molecule is CN=C(NCc1cn2cc(Cl)ccc2n1)NC1CN(C(C)C)CC1C. The Morgan fingerprint density at radius 3 is 2.84 bits per heavy atom. The second-order valence-corrected chi connectivity index (χ2v) is 7.48. The first kappa shape index (κ1) is 18.0. The highest BCUT2D eigenvalue weighted by Crippen LogP contribution is 2.18. The molecule has 0 aromatic carbocycles. The number of likely N-dealkylation sites (tertiary alicyclic amines) is 1. The molecule has 0 spiro atoms. The van der Waals surface area contributed by atoms with Crippen molar-refractivity contribution in [1.29, 1.82) is 0 Å². The van der Waals surface area contributed by atoms with Gasteiger partial charge in [0.05, 0.1) is 17.3 Å². The van der Waals surface area contributed by atoms with E-state index in [0.717, 1.165) is 30.4 Å². The average molecular weight is 363 g/mol. The largest absolute Gasteiger partial charge is 0.352 e. The van der Waals surface area contributed by atoms with Crippen LogP contribution in [-0.4, -0.2) is 52.5 Å². The van der Waals surface area contributed by atoms with Crippen molar-refractivity contribution in [3.63, 3.8) is 0 Å². The van der Waals surface area contributed by atoms with Crippen LogP contribution in [0.5, 0.6) is 0 Å². The molecule has 7 heteroatoms. The van der Waals surface area contributed by atoms with Gasteiger partial charge in [-0.3, -0.25) is 9.89 Å². The number of halogens is 1. The lowest BCUT2D eigenvalue weighted by atomic mass is 10.1. The molecule has 2 atom stereocenters. The van der Waals surface area contributed by atoms with Crippen LogP contribution in [0.1, 0.15) is 26.5 Å². The minimum absolute atomic E-state index is 0.411. The van der Waals surface area contributed by atoms with Crippen LogP contribution in [0.4, 0.5) is 0 Å². The molecule has 2 N–H and O–H groups in total. The summed E-state index contributed by atoms with van der Waals surface area (Å²) in [5.74, 6) is 1.41. The average Bonchev–Trinajstić information content (AvgIpc) is 3.14. The lowest BCUT2D eigenvalue weighted by molar-refractivity contribution is 0.265. The number of imidazole rings is 1. The molecule has 2 aromatic rings. The van der Waals surface area contributed by atoms with E-state index in [0.29, 0.717) is 29.6 Å².